The Morgan fingerprint density at radius 2 is 2.38 bits per heavy atom. The Morgan fingerprint density at radius 3 is 2.94 bits per heavy atom. The van der Waals surface area contributed by atoms with Gasteiger partial charge >= 0.3 is 0 Å². The Balaban J connectivity index is 2.43. The molecule has 1 heterocycles. The molecule has 1 atom stereocenters. The Bertz CT molecular complexity index is 449. The van der Waals surface area contributed by atoms with Crippen LogP contribution in [0.2, 0.25) is 0 Å². The summed E-state index contributed by atoms with van der Waals surface area (Å²) in [6.07, 6.45) is 1.56. The number of carbonyl (C=O) groups excluding carboxylic acids is 1. The number of ether oxygens (including phenoxy) is 2. The van der Waals surface area contributed by atoms with E-state index in [4.69, 9.17) is 9.47 Å². The van der Waals surface area contributed by atoms with Crippen molar-refractivity contribution in [1.29, 1.82) is 0 Å². The van der Waals surface area contributed by atoms with E-state index in [2.05, 4.69) is 6.58 Å². The number of hydrogen-bond donors (Lipinski definition) is 0. The van der Waals surface area contributed by atoms with Gasteiger partial charge in [-0.25, -0.2) is 0 Å². The molecular weight excluding hydrogens is 204 g/mol. The summed E-state index contributed by atoms with van der Waals surface area (Å²) in [4.78, 5) is 10.8. The first-order chi connectivity index (χ1) is 7.65. The topological polar surface area (TPSA) is 35.5 Å². The molecule has 84 valence electrons. The molecule has 0 bridgehead atoms. The van der Waals surface area contributed by atoms with Crippen molar-refractivity contribution in [2.24, 2.45) is 0 Å². The molecule has 0 fully saturated rings. The maximum Gasteiger partial charge on any atom is 0.165 e. The molecule has 0 aromatic heterocycles. The van der Waals surface area contributed by atoms with Gasteiger partial charge in [0.15, 0.2) is 11.5 Å². The number of aldehydes is 1. The Morgan fingerprint density at radius 1 is 1.62 bits per heavy atom. The van der Waals surface area contributed by atoms with Crippen molar-refractivity contribution in [1.82, 2.24) is 0 Å². The number of benzene rings is 1. The van der Waals surface area contributed by atoms with Crippen molar-refractivity contribution in [3.63, 3.8) is 0 Å². The lowest BCUT2D eigenvalue weighted by Crippen LogP contribution is -2.13. The molecule has 0 amide bonds. The first kappa shape index (κ1) is 10.7. The molecule has 0 aliphatic carbocycles. The second kappa shape index (κ2) is 4.00. The van der Waals surface area contributed by atoms with Gasteiger partial charge in [0.05, 0.1) is 7.11 Å². The molecule has 3 nitrogen and oxygen atoms in total. The van der Waals surface area contributed by atoms with E-state index in [-0.39, 0.29) is 6.10 Å². The van der Waals surface area contributed by atoms with Crippen LogP contribution >= 0.6 is 0 Å². The minimum Gasteiger partial charge on any atom is -0.493 e. The lowest BCUT2D eigenvalue weighted by atomic mass is 10.0. The Kier molecular flexibility index (Phi) is 2.69. The van der Waals surface area contributed by atoms with Gasteiger partial charge in [-0.1, -0.05) is 6.58 Å². The van der Waals surface area contributed by atoms with Crippen LogP contribution in [-0.4, -0.2) is 19.5 Å². The third-order valence-electron chi connectivity index (χ3n) is 2.73. The second-order valence-corrected chi connectivity index (χ2v) is 3.99. The van der Waals surface area contributed by atoms with Gasteiger partial charge in [-0.2, -0.15) is 0 Å². The van der Waals surface area contributed by atoms with Gasteiger partial charge in [0.2, 0.25) is 0 Å². The van der Waals surface area contributed by atoms with Gasteiger partial charge in [0, 0.05) is 17.5 Å². The molecule has 1 unspecified atom stereocenters. The van der Waals surface area contributed by atoms with Crippen LogP contribution in [0, 0.1) is 0 Å². The summed E-state index contributed by atoms with van der Waals surface area (Å²) in [7, 11) is 1.57. The van der Waals surface area contributed by atoms with Crippen LogP contribution in [-0.2, 0) is 6.42 Å². The van der Waals surface area contributed by atoms with Crippen molar-refractivity contribution in [3.8, 4) is 11.5 Å². The van der Waals surface area contributed by atoms with E-state index < -0.39 is 0 Å². The molecular formula is C13H14O3. The molecule has 2 rings (SSSR count). The quantitative estimate of drug-likeness (QED) is 0.577. The highest BCUT2D eigenvalue weighted by atomic mass is 16.5. The van der Waals surface area contributed by atoms with E-state index in [0.717, 1.165) is 29.6 Å². The zero-order valence-corrected chi connectivity index (χ0v) is 9.45. The maximum atomic E-state index is 10.8. The lowest BCUT2D eigenvalue weighted by molar-refractivity contribution is 0.112. The van der Waals surface area contributed by atoms with E-state index in [9.17, 15) is 4.79 Å². The number of hydrogen-bond acceptors (Lipinski definition) is 3. The molecule has 0 N–H and O–H groups in total. The third-order valence-corrected chi connectivity index (χ3v) is 2.73. The van der Waals surface area contributed by atoms with Gasteiger partial charge in [-0.3, -0.25) is 4.79 Å². The van der Waals surface area contributed by atoms with Crippen LogP contribution in [0.3, 0.4) is 0 Å². The lowest BCUT2D eigenvalue weighted by Gasteiger charge is -2.11. The summed E-state index contributed by atoms with van der Waals surface area (Å²) >= 11 is 0. The molecule has 1 aliphatic rings. The van der Waals surface area contributed by atoms with Gasteiger partial charge in [-0.05, 0) is 24.6 Å². The molecule has 0 saturated heterocycles. The number of methoxy groups -OCH3 is 1. The zero-order valence-electron chi connectivity index (χ0n) is 9.45. The highest BCUT2D eigenvalue weighted by Gasteiger charge is 2.27. The van der Waals surface area contributed by atoms with Gasteiger partial charge < -0.3 is 9.47 Å². The van der Waals surface area contributed by atoms with Crippen LogP contribution in [0.25, 0.3) is 0 Å². The van der Waals surface area contributed by atoms with Crippen molar-refractivity contribution in [3.05, 3.63) is 35.4 Å². The Labute approximate surface area is 94.7 Å². The van der Waals surface area contributed by atoms with Crippen molar-refractivity contribution in [2.75, 3.05) is 7.11 Å². The highest BCUT2D eigenvalue weighted by Crippen LogP contribution is 2.39. The van der Waals surface area contributed by atoms with E-state index in [1.54, 1.807) is 13.2 Å². The fourth-order valence-electron chi connectivity index (χ4n) is 1.85. The van der Waals surface area contributed by atoms with Crippen LogP contribution in [0.1, 0.15) is 22.8 Å². The van der Waals surface area contributed by atoms with Gasteiger partial charge in [-0.15, -0.1) is 0 Å². The molecule has 3 heteroatoms. The fraction of sp³-hybridized carbons (Fsp3) is 0.308. The summed E-state index contributed by atoms with van der Waals surface area (Å²) in [6.45, 7) is 5.82. The van der Waals surface area contributed by atoms with Crippen LogP contribution in [0.4, 0.5) is 0 Å². The van der Waals surface area contributed by atoms with Crippen molar-refractivity contribution >= 4 is 6.29 Å². The number of carbonyl (C=O) groups is 1. The molecule has 0 radical (unpaired) electrons. The monoisotopic (exact) mass is 218 g/mol. The SMILES string of the molecule is C=C(C)C1Cc2cc(C=O)cc(OC)c2O1. The number of rotatable bonds is 3. The molecule has 16 heavy (non-hydrogen) atoms. The predicted molar refractivity (Wildman–Crippen MR) is 61.3 cm³/mol. The minimum atomic E-state index is -0.00852. The van der Waals surface area contributed by atoms with Crippen LogP contribution in [0.5, 0.6) is 11.5 Å². The summed E-state index contributed by atoms with van der Waals surface area (Å²) in [5, 5.41) is 0. The predicted octanol–water partition coefficient (Wildman–Crippen LogP) is 2.39. The molecule has 0 saturated carbocycles. The molecule has 1 aromatic rings. The zero-order chi connectivity index (χ0) is 11.7. The summed E-state index contributed by atoms with van der Waals surface area (Å²) in [5.74, 6) is 1.35. The van der Waals surface area contributed by atoms with Crippen molar-refractivity contribution in [2.45, 2.75) is 19.4 Å². The molecule has 1 aromatic carbocycles. The maximum absolute atomic E-state index is 10.8. The average molecular weight is 218 g/mol. The van der Waals surface area contributed by atoms with E-state index in [1.807, 2.05) is 13.0 Å². The summed E-state index contributed by atoms with van der Waals surface area (Å²) in [5.41, 5.74) is 2.60. The van der Waals surface area contributed by atoms with Gasteiger partial charge in [0.1, 0.15) is 12.4 Å². The average Bonchev–Trinajstić information content (AvgIpc) is 2.71. The van der Waals surface area contributed by atoms with Crippen molar-refractivity contribution < 1.29 is 14.3 Å². The molecule has 0 spiro atoms. The van der Waals surface area contributed by atoms with E-state index in [1.165, 1.54) is 0 Å². The Hall–Kier alpha value is -1.77. The highest BCUT2D eigenvalue weighted by molar-refractivity contribution is 5.77. The summed E-state index contributed by atoms with van der Waals surface area (Å²) in [6, 6.07) is 3.53. The standard InChI is InChI=1S/C13H14O3/c1-8(2)11-6-10-4-9(7-14)5-12(15-3)13(10)16-11/h4-5,7,11H,1,6H2,2-3H3. The third kappa shape index (κ3) is 1.69. The number of fused-ring (bicyclic) bond motifs is 1. The normalized spacial score (nSPS) is 17.5. The minimum absolute atomic E-state index is 0.00852. The van der Waals surface area contributed by atoms with Gasteiger partial charge in [0.25, 0.3) is 0 Å². The van der Waals surface area contributed by atoms with Crippen LogP contribution < -0.4 is 9.47 Å². The largest absolute Gasteiger partial charge is 0.493 e. The first-order valence-corrected chi connectivity index (χ1v) is 5.14. The smallest absolute Gasteiger partial charge is 0.165 e. The van der Waals surface area contributed by atoms with Crippen LogP contribution in [0.15, 0.2) is 24.3 Å². The fourth-order valence-corrected chi connectivity index (χ4v) is 1.85. The molecule has 1 aliphatic heterocycles. The summed E-state index contributed by atoms with van der Waals surface area (Å²) < 4.78 is 11.0. The van der Waals surface area contributed by atoms with E-state index >= 15 is 0 Å². The first-order valence-electron chi connectivity index (χ1n) is 5.14. The second-order valence-electron chi connectivity index (χ2n) is 3.99. The van der Waals surface area contributed by atoms with E-state index in [0.29, 0.717) is 11.3 Å².